The molecule has 0 saturated carbocycles. The third kappa shape index (κ3) is 1.80. The van der Waals surface area contributed by atoms with Crippen LogP contribution in [0, 0.1) is 0 Å². The highest BCUT2D eigenvalue weighted by atomic mass is 16.5. The van der Waals surface area contributed by atoms with Crippen molar-refractivity contribution in [3.05, 3.63) is 23.4 Å². The van der Waals surface area contributed by atoms with Gasteiger partial charge in [0.15, 0.2) is 0 Å². The number of pyridine rings is 1. The normalized spacial score (nSPS) is 27.8. The number of piperazine rings is 1. The topological polar surface area (TPSA) is 37.4 Å². The van der Waals surface area contributed by atoms with Gasteiger partial charge in [-0.2, -0.15) is 0 Å². The van der Waals surface area contributed by atoms with Crippen LogP contribution in [0.4, 0.5) is 5.82 Å². The van der Waals surface area contributed by atoms with Gasteiger partial charge in [-0.15, -0.1) is 0 Å². The van der Waals surface area contributed by atoms with Gasteiger partial charge in [-0.1, -0.05) is 6.07 Å². The Labute approximate surface area is 108 Å². The van der Waals surface area contributed by atoms with Crippen LogP contribution in [0.2, 0.25) is 0 Å². The minimum Gasteiger partial charge on any atom is -0.375 e. The molecule has 0 spiro atoms. The number of rotatable bonds is 2. The first-order valence-electron chi connectivity index (χ1n) is 6.72. The van der Waals surface area contributed by atoms with Crippen LogP contribution in [0.5, 0.6) is 0 Å². The molecule has 1 fully saturated rings. The van der Waals surface area contributed by atoms with Gasteiger partial charge in [0.1, 0.15) is 5.82 Å². The number of nitrogens with one attached hydrogen (secondary N) is 1. The van der Waals surface area contributed by atoms with Gasteiger partial charge >= 0.3 is 0 Å². The van der Waals surface area contributed by atoms with Crippen LogP contribution in [-0.4, -0.2) is 37.3 Å². The summed E-state index contributed by atoms with van der Waals surface area (Å²) in [5, 5.41) is 3.50. The molecule has 0 unspecified atom stereocenters. The number of fused-ring (bicyclic) bond motifs is 3. The van der Waals surface area contributed by atoms with E-state index in [0.717, 1.165) is 25.2 Å². The minimum atomic E-state index is 0.0626. The number of nitrogens with zero attached hydrogens (tertiary/aromatic N) is 2. The summed E-state index contributed by atoms with van der Waals surface area (Å²) >= 11 is 0. The van der Waals surface area contributed by atoms with Crippen LogP contribution >= 0.6 is 0 Å². The lowest BCUT2D eigenvalue weighted by molar-refractivity contribution is 0.116. The third-order valence-corrected chi connectivity index (χ3v) is 4.14. The molecule has 0 aliphatic carbocycles. The van der Waals surface area contributed by atoms with Crippen LogP contribution in [-0.2, 0) is 11.2 Å². The average Bonchev–Trinajstić information content (AvgIpc) is 2.76. The molecular weight excluding hydrogens is 226 g/mol. The van der Waals surface area contributed by atoms with Crippen molar-refractivity contribution in [1.29, 1.82) is 0 Å². The van der Waals surface area contributed by atoms with Crippen molar-refractivity contribution >= 4 is 5.82 Å². The monoisotopic (exact) mass is 247 g/mol. The molecule has 0 bridgehead atoms. The van der Waals surface area contributed by atoms with Crippen LogP contribution < -0.4 is 10.2 Å². The van der Waals surface area contributed by atoms with Gasteiger partial charge in [0.05, 0.1) is 11.8 Å². The molecule has 0 radical (unpaired) electrons. The summed E-state index contributed by atoms with van der Waals surface area (Å²) in [6, 6.07) is 5.41. The molecule has 1 N–H and O–H groups in total. The van der Waals surface area contributed by atoms with E-state index in [4.69, 9.17) is 9.72 Å². The Kier molecular flexibility index (Phi) is 2.99. The maximum atomic E-state index is 5.37. The van der Waals surface area contributed by atoms with Crippen LogP contribution in [0.15, 0.2) is 12.1 Å². The predicted octanol–water partition coefficient (Wildman–Crippen LogP) is 1.51. The summed E-state index contributed by atoms with van der Waals surface area (Å²) in [6.45, 7) is 6.42. The van der Waals surface area contributed by atoms with Gasteiger partial charge in [0, 0.05) is 32.3 Å². The van der Waals surface area contributed by atoms with Crippen molar-refractivity contribution in [2.45, 2.75) is 38.5 Å². The van der Waals surface area contributed by atoms with E-state index in [0.29, 0.717) is 12.1 Å². The number of hydrogen-bond acceptors (Lipinski definition) is 4. The standard InChI is InChI=1S/C14H21N3O/c1-9-7-15-8-12-6-11-4-5-13(10(2)18-3)16-14(11)17(9)12/h4-5,9-10,12,15H,6-8H2,1-3H3/t9-,10+,12-/m1/s1. The Morgan fingerprint density at radius 1 is 1.44 bits per heavy atom. The lowest BCUT2D eigenvalue weighted by Gasteiger charge is -2.37. The van der Waals surface area contributed by atoms with E-state index in [1.54, 1.807) is 7.11 Å². The maximum Gasteiger partial charge on any atom is 0.132 e. The first kappa shape index (κ1) is 11.9. The van der Waals surface area contributed by atoms with Gasteiger partial charge in [-0.25, -0.2) is 4.98 Å². The highest BCUT2D eigenvalue weighted by molar-refractivity contribution is 5.56. The van der Waals surface area contributed by atoms with E-state index in [1.165, 1.54) is 11.4 Å². The maximum absolute atomic E-state index is 5.37. The fourth-order valence-electron chi connectivity index (χ4n) is 3.04. The largest absolute Gasteiger partial charge is 0.375 e. The third-order valence-electron chi connectivity index (χ3n) is 4.14. The van der Waals surface area contributed by atoms with Gasteiger partial charge in [0.25, 0.3) is 0 Å². The molecule has 2 aliphatic heterocycles. The van der Waals surface area contributed by atoms with Crippen molar-refractivity contribution in [3.63, 3.8) is 0 Å². The first-order valence-corrected chi connectivity index (χ1v) is 6.72. The molecular formula is C14H21N3O. The molecule has 0 amide bonds. The molecule has 4 nitrogen and oxygen atoms in total. The SMILES string of the molecule is CO[C@@H](C)c1ccc2c(n1)N1[C@@H](CNC[C@H]1C)C2. The molecule has 3 heterocycles. The van der Waals surface area contributed by atoms with E-state index < -0.39 is 0 Å². The fourth-order valence-corrected chi connectivity index (χ4v) is 3.04. The zero-order valence-corrected chi connectivity index (χ0v) is 11.3. The van der Waals surface area contributed by atoms with Gasteiger partial charge in [-0.3, -0.25) is 0 Å². The lowest BCUT2D eigenvalue weighted by Crippen LogP contribution is -2.55. The summed E-state index contributed by atoms with van der Waals surface area (Å²) in [6.07, 6.45) is 1.17. The van der Waals surface area contributed by atoms with E-state index in [1.807, 2.05) is 6.92 Å². The quantitative estimate of drug-likeness (QED) is 0.859. The first-order chi connectivity index (χ1) is 8.70. The molecule has 3 atom stereocenters. The zero-order valence-electron chi connectivity index (χ0n) is 11.3. The number of methoxy groups -OCH3 is 1. The molecule has 1 aromatic heterocycles. The van der Waals surface area contributed by atoms with E-state index in [9.17, 15) is 0 Å². The van der Waals surface area contributed by atoms with Gasteiger partial charge < -0.3 is 15.0 Å². The molecule has 18 heavy (non-hydrogen) atoms. The summed E-state index contributed by atoms with van der Waals surface area (Å²) < 4.78 is 5.37. The van der Waals surface area contributed by atoms with E-state index in [-0.39, 0.29) is 6.10 Å². The number of aromatic nitrogens is 1. The number of anilines is 1. The van der Waals surface area contributed by atoms with Crippen molar-refractivity contribution in [2.75, 3.05) is 25.1 Å². The van der Waals surface area contributed by atoms with Gasteiger partial charge in [-0.05, 0) is 31.9 Å². The van der Waals surface area contributed by atoms with Crippen molar-refractivity contribution in [3.8, 4) is 0 Å². The second kappa shape index (κ2) is 4.52. The molecule has 98 valence electrons. The second-order valence-corrected chi connectivity index (χ2v) is 5.37. The molecule has 1 saturated heterocycles. The molecule has 2 aliphatic rings. The number of ether oxygens (including phenoxy) is 1. The van der Waals surface area contributed by atoms with Crippen LogP contribution in [0.1, 0.15) is 31.2 Å². The zero-order chi connectivity index (χ0) is 12.7. The van der Waals surface area contributed by atoms with Gasteiger partial charge in [0.2, 0.25) is 0 Å². The predicted molar refractivity (Wildman–Crippen MR) is 72.0 cm³/mol. The van der Waals surface area contributed by atoms with Crippen molar-refractivity contribution < 1.29 is 4.74 Å². The van der Waals surface area contributed by atoms with Crippen LogP contribution in [0.3, 0.4) is 0 Å². The average molecular weight is 247 g/mol. The fraction of sp³-hybridized carbons (Fsp3) is 0.643. The Hall–Kier alpha value is -1.13. The molecule has 0 aromatic carbocycles. The smallest absolute Gasteiger partial charge is 0.132 e. The van der Waals surface area contributed by atoms with Crippen LogP contribution in [0.25, 0.3) is 0 Å². The Morgan fingerprint density at radius 3 is 3.06 bits per heavy atom. The van der Waals surface area contributed by atoms with Crippen molar-refractivity contribution in [2.24, 2.45) is 0 Å². The molecule has 4 heteroatoms. The second-order valence-electron chi connectivity index (χ2n) is 5.37. The Bertz CT molecular complexity index is 449. The highest BCUT2D eigenvalue weighted by Crippen LogP contribution is 2.34. The summed E-state index contributed by atoms with van der Waals surface area (Å²) in [5.41, 5.74) is 2.41. The molecule has 3 rings (SSSR count). The number of hydrogen-bond donors (Lipinski definition) is 1. The lowest BCUT2D eigenvalue weighted by atomic mass is 10.1. The van der Waals surface area contributed by atoms with E-state index >= 15 is 0 Å². The summed E-state index contributed by atoms with van der Waals surface area (Å²) in [5.74, 6) is 1.18. The Morgan fingerprint density at radius 2 is 2.28 bits per heavy atom. The Balaban J connectivity index is 1.96. The highest BCUT2D eigenvalue weighted by Gasteiger charge is 2.36. The summed E-state index contributed by atoms with van der Waals surface area (Å²) in [4.78, 5) is 7.32. The van der Waals surface area contributed by atoms with Crippen molar-refractivity contribution in [1.82, 2.24) is 10.3 Å². The summed E-state index contributed by atoms with van der Waals surface area (Å²) in [7, 11) is 1.73. The molecule has 1 aromatic rings. The van der Waals surface area contributed by atoms with E-state index in [2.05, 4.69) is 29.3 Å². The minimum absolute atomic E-state index is 0.0626.